The molecule has 0 fully saturated rings. The molecule has 0 spiro atoms. The second kappa shape index (κ2) is 6.16. The van der Waals surface area contributed by atoms with Gasteiger partial charge in [-0.3, -0.25) is 15.4 Å². The first-order valence-corrected chi connectivity index (χ1v) is 5.78. The van der Waals surface area contributed by atoms with Crippen LogP contribution in [-0.2, 0) is 0 Å². The molecule has 0 atom stereocenters. The SMILES string of the molecule is O=C(O)Nc1ccc(C#Cc2ccccn2)cc1[N+](=O)[O-]. The number of anilines is 1. The van der Waals surface area contributed by atoms with Crippen LogP contribution in [0.3, 0.4) is 0 Å². The molecule has 2 rings (SSSR count). The van der Waals surface area contributed by atoms with Crippen molar-refractivity contribution >= 4 is 17.5 Å². The molecule has 0 aliphatic heterocycles. The fraction of sp³-hybridized carbons (Fsp3) is 0. The summed E-state index contributed by atoms with van der Waals surface area (Å²) in [6.45, 7) is 0. The lowest BCUT2D eigenvalue weighted by molar-refractivity contribution is -0.383. The van der Waals surface area contributed by atoms with Crippen LogP contribution in [0.1, 0.15) is 11.3 Å². The smallest absolute Gasteiger partial charge is 0.409 e. The molecule has 0 saturated heterocycles. The van der Waals surface area contributed by atoms with Crippen molar-refractivity contribution in [3.05, 3.63) is 64.0 Å². The summed E-state index contributed by atoms with van der Waals surface area (Å²) in [5.41, 5.74) is 0.470. The van der Waals surface area contributed by atoms with Gasteiger partial charge >= 0.3 is 6.09 Å². The molecule has 0 radical (unpaired) electrons. The van der Waals surface area contributed by atoms with Crippen molar-refractivity contribution in [2.45, 2.75) is 0 Å². The van der Waals surface area contributed by atoms with Crippen molar-refractivity contribution in [3.63, 3.8) is 0 Å². The summed E-state index contributed by atoms with van der Waals surface area (Å²) in [6.07, 6.45) is 0.220. The Bertz CT molecular complexity index is 748. The van der Waals surface area contributed by atoms with E-state index in [0.29, 0.717) is 11.3 Å². The van der Waals surface area contributed by atoms with Crippen LogP contribution in [0.5, 0.6) is 0 Å². The van der Waals surface area contributed by atoms with Gasteiger partial charge < -0.3 is 5.11 Å². The fourth-order valence-corrected chi connectivity index (χ4v) is 1.55. The summed E-state index contributed by atoms with van der Waals surface area (Å²) in [5, 5.41) is 21.5. The number of hydrogen-bond acceptors (Lipinski definition) is 4. The van der Waals surface area contributed by atoms with E-state index in [-0.39, 0.29) is 11.4 Å². The van der Waals surface area contributed by atoms with E-state index in [1.165, 1.54) is 18.2 Å². The third-order valence-corrected chi connectivity index (χ3v) is 2.44. The summed E-state index contributed by atoms with van der Waals surface area (Å²) in [5.74, 6) is 5.51. The highest BCUT2D eigenvalue weighted by Crippen LogP contribution is 2.25. The monoisotopic (exact) mass is 283 g/mol. The Kier molecular flexibility index (Phi) is 4.11. The molecule has 1 amide bonds. The quantitative estimate of drug-likeness (QED) is 0.500. The number of rotatable bonds is 2. The first-order valence-electron chi connectivity index (χ1n) is 5.78. The summed E-state index contributed by atoms with van der Waals surface area (Å²) in [4.78, 5) is 24.9. The van der Waals surface area contributed by atoms with Crippen molar-refractivity contribution in [2.75, 3.05) is 5.32 Å². The number of carbonyl (C=O) groups is 1. The van der Waals surface area contributed by atoms with Crippen molar-refractivity contribution < 1.29 is 14.8 Å². The van der Waals surface area contributed by atoms with E-state index in [1.807, 2.05) is 5.32 Å². The van der Waals surface area contributed by atoms with Gasteiger partial charge in [0.05, 0.1) is 4.92 Å². The molecule has 0 bridgehead atoms. The van der Waals surface area contributed by atoms with Gasteiger partial charge in [-0.1, -0.05) is 12.0 Å². The Balaban J connectivity index is 2.35. The Morgan fingerprint density at radius 2 is 2.10 bits per heavy atom. The highest BCUT2D eigenvalue weighted by atomic mass is 16.6. The molecule has 0 saturated carbocycles. The number of nitro groups is 1. The van der Waals surface area contributed by atoms with Crippen LogP contribution in [0.2, 0.25) is 0 Å². The Morgan fingerprint density at radius 1 is 1.29 bits per heavy atom. The molecule has 0 unspecified atom stereocenters. The number of hydrogen-bond donors (Lipinski definition) is 2. The Morgan fingerprint density at radius 3 is 2.71 bits per heavy atom. The number of amides is 1. The minimum Gasteiger partial charge on any atom is -0.465 e. The number of nitrogens with zero attached hydrogens (tertiary/aromatic N) is 2. The number of benzene rings is 1. The van der Waals surface area contributed by atoms with Gasteiger partial charge in [0.1, 0.15) is 11.4 Å². The van der Waals surface area contributed by atoms with E-state index in [1.54, 1.807) is 24.4 Å². The molecule has 104 valence electrons. The molecule has 2 N–H and O–H groups in total. The molecule has 1 aromatic heterocycles. The molecule has 7 heteroatoms. The van der Waals surface area contributed by atoms with Gasteiger partial charge in [-0.15, -0.1) is 0 Å². The molecule has 1 aromatic carbocycles. The predicted octanol–water partition coefficient (Wildman–Crippen LogP) is 2.48. The average Bonchev–Trinajstić information content (AvgIpc) is 2.46. The predicted molar refractivity (Wildman–Crippen MR) is 75.0 cm³/mol. The van der Waals surface area contributed by atoms with Crippen LogP contribution in [0.15, 0.2) is 42.6 Å². The molecule has 7 nitrogen and oxygen atoms in total. The maximum atomic E-state index is 10.9. The topological polar surface area (TPSA) is 105 Å². The normalized spacial score (nSPS) is 9.33. The zero-order chi connectivity index (χ0) is 15.2. The standard InChI is InChI=1S/C14H9N3O4/c18-14(19)16-12-7-5-10(9-13(12)17(20)21)4-6-11-3-1-2-8-15-11/h1-3,5,7-9,16H,(H,18,19). The van der Waals surface area contributed by atoms with E-state index in [2.05, 4.69) is 16.8 Å². The van der Waals surface area contributed by atoms with Crippen molar-refractivity contribution in [1.82, 2.24) is 4.98 Å². The molecule has 0 aliphatic rings. The minimum atomic E-state index is -1.37. The average molecular weight is 283 g/mol. The molecule has 1 heterocycles. The second-order valence-electron chi connectivity index (χ2n) is 3.88. The molecular formula is C14H9N3O4. The van der Waals surface area contributed by atoms with E-state index >= 15 is 0 Å². The van der Waals surface area contributed by atoms with Gasteiger partial charge in [0, 0.05) is 17.8 Å². The van der Waals surface area contributed by atoms with Gasteiger partial charge in [-0.25, -0.2) is 9.78 Å². The summed E-state index contributed by atoms with van der Waals surface area (Å²) < 4.78 is 0. The molecule has 0 aliphatic carbocycles. The zero-order valence-electron chi connectivity index (χ0n) is 10.6. The number of carboxylic acid groups (broad SMARTS) is 1. The van der Waals surface area contributed by atoms with Crippen molar-refractivity contribution in [2.24, 2.45) is 0 Å². The third-order valence-electron chi connectivity index (χ3n) is 2.44. The van der Waals surface area contributed by atoms with Crippen LogP contribution in [0.25, 0.3) is 0 Å². The Hall–Kier alpha value is -3.40. The van der Waals surface area contributed by atoms with Gasteiger partial charge in [-0.05, 0) is 30.2 Å². The lowest BCUT2D eigenvalue weighted by Gasteiger charge is -2.02. The zero-order valence-corrected chi connectivity index (χ0v) is 10.6. The van der Waals surface area contributed by atoms with Gasteiger partial charge in [0.2, 0.25) is 0 Å². The first kappa shape index (κ1) is 14.0. The highest BCUT2D eigenvalue weighted by Gasteiger charge is 2.15. The lowest BCUT2D eigenvalue weighted by atomic mass is 10.1. The van der Waals surface area contributed by atoms with Crippen LogP contribution < -0.4 is 5.32 Å². The van der Waals surface area contributed by atoms with Gasteiger partial charge in [-0.2, -0.15) is 0 Å². The van der Waals surface area contributed by atoms with Crippen LogP contribution >= 0.6 is 0 Å². The van der Waals surface area contributed by atoms with Gasteiger partial charge in [0.25, 0.3) is 5.69 Å². The summed E-state index contributed by atoms with van der Waals surface area (Å²) in [7, 11) is 0. The van der Waals surface area contributed by atoms with E-state index in [4.69, 9.17) is 5.11 Å². The largest absolute Gasteiger partial charge is 0.465 e. The first-order chi connectivity index (χ1) is 10.1. The number of pyridine rings is 1. The number of nitro benzene ring substituents is 1. The van der Waals surface area contributed by atoms with Crippen molar-refractivity contribution in [3.8, 4) is 11.8 Å². The van der Waals surface area contributed by atoms with Crippen molar-refractivity contribution in [1.29, 1.82) is 0 Å². The third kappa shape index (κ3) is 3.78. The molecule has 2 aromatic rings. The second-order valence-corrected chi connectivity index (χ2v) is 3.88. The molecule has 21 heavy (non-hydrogen) atoms. The van der Waals surface area contributed by atoms with Crippen LogP contribution in [0, 0.1) is 22.0 Å². The molecular weight excluding hydrogens is 274 g/mol. The van der Waals surface area contributed by atoms with E-state index in [9.17, 15) is 14.9 Å². The van der Waals surface area contributed by atoms with Crippen LogP contribution in [0.4, 0.5) is 16.2 Å². The number of aromatic nitrogens is 1. The number of nitrogens with one attached hydrogen (secondary N) is 1. The lowest BCUT2D eigenvalue weighted by Crippen LogP contribution is -2.09. The van der Waals surface area contributed by atoms with E-state index < -0.39 is 11.0 Å². The minimum absolute atomic E-state index is 0.101. The summed E-state index contributed by atoms with van der Waals surface area (Å²) >= 11 is 0. The summed E-state index contributed by atoms with van der Waals surface area (Å²) in [6, 6.07) is 9.24. The van der Waals surface area contributed by atoms with Gasteiger partial charge in [0.15, 0.2) is 0 Å². The van der Waals surface area contributed by atoms with Crippen LogP contribution in [-0.4, -0.2) is 21.1 Å². The highest BCUT2D eigenvalue weighted by molar-refractivity contribution is 5.86. The fourth-order valence-electron chi connectivity index (χ4n) is 1.55. The Labute approximate surface area is 119 Å². The van der Waals surface area contributed by atoms with E-state index in [0.717, 1.165) is 0 Å². The maximum Gasteiger partial charge on any atom is 0.409 e. The maximum absolute atomic E-state index is 10.9.